The zero-order chi connectivity index (χ0) is 24.7. The first-order valence-corrected chi connectivity index (χ1v) is 13.0. The average Bonchev–Trinajstić information content (AvgIpc) is 2.88. The molecule has 0 unspecified atom stereocenters. The van der Waals surface area contributed by atoms with Gasteiger partial charge in [-0.2, -0.15) is 0 Å². The molecule has 1 fully saturated rings. The number of nitrogens with zero attached hydrogens (tertiary/aromatic N) is 5. The van der Waals surface area contributed by atoms with E-state index in [9.17, 15) is 4.79 Å². The Morgan fingerprint density at radius 1 is 0.806 bits per heavy atom. The van der Waals surface area contributed by atoms with Crippen LogP contribution in [-0.2, 0) is 24.3 Å². The highest BCUT2D eigenvalue weighted by atomic mass is 16.2. The molecule has 2 aromatic carbocycles. The van der Waals surface area contributed by atoms with Gasteiger partial charge in [-0.1, -0.05) is 48.5 Å². The first-order chi connectivity index (χ1) is 17.6. The van der Waals surface area contributed by atoms with Crippen LogP contribution in [0.1, 0.15) is 28.9 Å². The molecule has 1 N–H and O–H groups in total. The van der Waals surface area contributed by atoms with Crippen molar-refractivity contribution in [1.82, 2.24) is 30.0 Å². The summed E-state index contributed by atoms with van der Waals surface area (Å²) in [6.07, 6.45) is 3.52. The van der Waals surface area contributed by atoms with Crippen LogP contribution in [0.2, 0.25) is 0 Å². The van der Waals surface area contributed by atoms with Crippen LogP contribution in [0, 0.1) is 0 Å². The quantitative estimate of drug-likeness (QED) is 0.530. The molecule has 8 bridgehead atoms. The lowest BCUT2D eigenvalue weighted by Gasteiger charge is -2.34. The van der Waals surface area contributed by atoms with E-state index in [1.165, 1.54) is 16.7 Å². The summed E-state index contributed by atoms with van der Waals surface area (Å²) in [5.74, 6) is 0.976. The fraction of sp³-hybridized carbons (Fsp3) is 0.414. The van der Waals surface area contributed by atoms with Crippen molar-refractivity contribution in [2.24, 2.45) is 0 Å². The first-order valence-electron chi connectivity index (χ1n) is 13.0. The van der Waals surface area contributed by atoms with E-state index in [0.29, 0.717) is 19.5 Å². The van der Waals surface area contributed by atoms with Gasteiger partial charge < -0.3 is 10.2 Å². The van der Waals surface area contributed by atoms with E-state index in [1.807, 2.05) is 12.3 Å². The summed E-state index contributed by atoms with van der Waals surface area (Å²) in [4.78, 5) is 28.9. The molecule has 3 aromatic rings. The molecular weight excluding hydrogens is 448 g/mol. The average molecular weight is 485 g/mol. The Kier molecular flexibility index (Phi) is 8.01. The highest BCUT2D eigenvalue weighted by Crippen LogP contribution is 2.19. The molecule has 0 spiro atoms. The van der Waals surface area contributed by atoms with E-state index in [4.69, 9.17) is 4.98 Å². The first kappa shape index (κ1) is 24.6. The summed E-state index contributed by atoms with van der Waals surface area (Å²) < 4.78 is 0. The van der Waals surface area contributed by atoms with Crippen molar-refractivity contribution in [1.29, 1.82) is 0 Å². The van der Waals surface area contributed by atoms with E-state index >= 15 is 0 Å². The van der Waals surface area contributed by atoms with Gasteiger partial charge >= 0.3 is 0 Å². The lowest BCUT2D eigenvalue weighted by molar-refractivity contribution is -0.122. The minimum absolute atomic E-state index is 0.134. The van der Waals surface area contributed by atoms with Crippen LogP contribution in [0.4, 0.5) is 0 Å². The monoisotopic (exact) mass is 484 g/mol. The molecule has 0 radical (unpaired) electrons. The van der Waals surface area contributed by atoms with E-state index in [0.717, 1.165) is 69.3 Å². The fourth-order valence-corrected chi connectivity index (χ4v) is 5.04. The zero-order valence-corrected chi connectivity index (χ0v) is 21.2. The number of aromatic nitrogens is 2. The number of hydrogen-bond acceptors (Lipinski definition) is 6. The minimum atomic E-state index is 0.134. The smallest absolute Gasteiger partial charge is 0.234 e. The van der Waals surface area contributed by atoms with Crippen molar-refractivity contribution in [3.8, 4) is 11.3 Å². The second kappa shape index (κ2) is 11.7. The second-order valence-corrected chi connectivity index (χ2v) is 10.0. The molecule has 1 saturated heterocycles. The number of hydrogen-bond donors (Lipinski definition) is 1. The van der Waals surface area contributed by atoms with Crippen molar-refractivity contribution in [2.45, 2.75) is 25.9 Å². The molecule has 188 valence electrons. The molecule has 6 heterocycles. The Morgan fingerprint density at radius 2 is 1.56 bits per heavy atom. The summed E-state index contributed by atoms with van der Waals surface area (Å²) >= 11 is 0. The molecule has 0 atom stereocenters. The Bertz CT molecular complexity index is 1160. The topological polar surface area (TPSA) is 64.6 Å². The number of rotatable bonds is 0. The third kappa shape index (κ3) is 6.75. The normalized spacial score (nSPS) is 22.1. The van der Waals surface area contributed by atoms with E-state index in [1.54, 1.807) is 0 Å². The molecule has 8 rings (SSSR count). The molecule has 5 aliphatic heterocycles. The van der Waals surface area contributed by atoms with Crippen molar-refractivity contribution in [2.75, 3.05) is 52.9 Å². The van der Waals surface area contributed by atoms with E-state index in [-0.39, 0.29) is 5.91 Å². The van der Waals surface area contributed by atoms with Gasteiger partial charge in [-0.3, -0.25) is 14.6 Å². The zero-order valence-electron chi connectivity index (χ0n) is 21.2. The van der Waals surface area contributed by atoms with Crippen molar-refractivity contribution < 1.29 is 4.79 Å². The van der Waals surface area contributed by atoms with Gasteiger partial charge in [0.1, 0.15) is 5.82 Å². The maximum Gasteiger partial charge on any atom is 0.234 e. The third-order valence-electron chi connectivity index (χ3n) is 7.04. The molecule has 1 aromatic heterocycles. The van der Waals surface area contributed by atoms with Crippen LogP contribution in [0.5, 0.6) is 0 Å². The standard InChI is InChI=1S/C29H36N6O/c1-33-13-3-11-31-29(36)22-35-16-14-34(15-17-35)21-25-5-2-4-24(18-25)19-28-30-12-10-27(32-28)26-8-6-23(20-33)7-9-26/h2,4-10,12,18H,3,11,13-17,19-22H2,1H3,(H,31,36). The predicted molar refractivity (Wildman–Crippen MR) is 142 cm³/mol. The Hall–Kier alpha value is -3.13. The minimum Gasteiger partial charge on any atom is -0.355 e. The van der Waals surface area contributed by atoms with Crippen molar-refractivity contribution in [3.63, 3.8) is 0 Å². The van der Waals surface area contributed by atoms with Gasteiger partial charge in [0, 0.05) is 64.0 Å². The largest absolute Gasteiger partial charge is 0.355 e. The molecular formula is C29H36N6O. The van der Waals surface area contributed by atoms with Gasteiger partial charge in [0.25, 0.3) is 0 Å². The van der Waals surface area contributed by atoms with E-state index in [2.05, 4.69) is 80.6 Å². The fourth-order valence-electron chi connectivity index (χ4n) is 5.04. The molecule has 0 saturated carbocycles. The SMILES string of the molecule is CN1CCCNC(=O)CN2CCN(CC2)Cc2cccc(c2)Cc2nccc(n2)-c2ccc(cc2)C1. The predicted octanol–water partition coefficient (Wildman–Crippen LogP) is 2.80. The lowest BCUT2D eigenvalue weighted by atomic mass is 10.1. The number of carbonyl (C=O) groups excluding carboxylic acids is 1. The highest BCUT2D eigenvalue weighted by Gasteiger charge is 2.19. The number of amides is 1. The van der Waals surface area contributed by atoms with Crippen LogP contribution in [0.25, 0.3) is 11.3 Å². The Labute approximate surface area is 214 Å². The summed E-state index contributed by atoms with van der Waals surface area (Å²) in [6.45, 7) is 7.76. The van der Waals surface area contributed by atoms with Gasteiger partial charge in [0.15, 0.2) is 0 Å². The Morgan fingerprint density at radius 3 is 2.36 bits per heavy atom. The summed E-state index contributed by atoms with van der Waals surface area (Å²) in [5, 5.41) is 3.10. The number of benzene rings is 2. The van der Waals surface area contributed by atoms with Gasteiger partial charge in [-0.15, -0.1) is 0 Å². The summed E-state index contributed by atoms with van der Waals surface area (Å²) in [6, 6.07) is 19.4. The lowest BCUT2D eigenvalue weighted by Crippen LogP contribution is -2.49. The maximum atomic E-state index is 12.4. The highest BCUT2D eigenvalue weighted by molar-refractivity contribution is 5.78. The van der Waals surface area contributed by atoms with Gasteiger partial charge in [0.05, 0.1) is 12.2 Å². The van der Waals surface area contributed by atoms with Crippen LogP contribution in [0.15, 0.2) is 60.8 Å². The molecule has 7 heteroatoms. The molecule has 5 aliphatic rings. The van der Waals surface area contributed by atoms with Gasteiger partial charge in [-0.25, -0.2) is 9.97 Å². The maximum absolute atomic E-state index is 12.4. The summed E-state index contributed by atoms with van der Waals surface area (Å²) in [7, 11) is 2.13. The van der Waals surface area contributed by atoms with Crippen LogP contribution in [-0.4, -0.2) is 83.4 Å². The number of nitrogens with one attached hydrogen (secondary N) is 1. The second-order valence-electron chi connectivity index (χ2n) is 10.0. The number of carbonyl (C=O) groups is 1. The van der Waals surface area contributed by atoms with Crippen LogP contribution < -0.4 is 5.32 Å². The van der Waals surface area contributed by atoms with Crippen molar-refractivity contribution >= 4 is 5.91 Å². The van der Waals surface area contributed by atoms with Crippen LogP contribution in [0.3, 0.4) is 0 Å². The molecule has 0 aliphatic carbocycles. The van der Waals surface area contributed by atoms with E-state index < -0.39 is 0 Å². The van der Waals surface area contributed by atoms with Crippen molar-refractivity contribution in [3.05, 3.63) is 83.3 Å². The summed E-state index contributed by atoms with van der Waals surface area (Å²) in [5.41, 5.74) is 5.87. The molecule has 1 amide bonds. The number of piperazine rings is 1. The third-order valence-corrected chi connectivity index (χ3v) is 7.04. The van der Waals surface area contributed by atoms with Crippen LogP contribution >= 0.6 is 0 Å². The molecule has 7 nitrogen and oxygen atoms in total. The Balaban J connectivity index is 1.35. The van der Waals surface area contributed by atoms with Gasteiger partial charge in [-0.05, 0) is 42.8 Å². The molecule has 36 heavy (non-hydrogen) atoms. The van der Waals surface area contributed by atoms with Gasteiger partial charge in [0.2, 0.25) is 5.91 Å².